The number of hydrogen-bond donors (Lipinski definition) is 1. The van der Waals surface area contributed by atoms with Gasteiger partial charge in [0.25, 0.3) is 5.56 Å². The summed E-state index contributed by atoms with van der Waals surface area (Å²) in [4.78, 5) is 26.0. The number of alkyl halides is 3. The molecule has 3 heterocycles. The van der Waals surface area contributed by atoms with E-state index in [-0.39, 0.29) is 5.69 Å². The van der Waals surface area contributed by atoms with Gasteiger partial charge in [0.05, 0.1) is 16.1 Å². The molecule has 10 heteroatoms. The first-order valence-electron chi connectivity index (χ1n) is 7.71. The first-order valence-corrected chi connectivity index (χ1v) is 8.48. The highest BCUT2D eigenvalue weighted by Crippen LogP contribution is 2.32. The monoisotopic (exact) mass is 392 g/mol. The van der Waals surface area contributed by atoms with Gasteiger partial charge in [-0.15, -0.1) is 0 Å². The number of H-pyrrole nitrogens is 1. The molecular weight excluding hydrogens is 381 g/mol. The van der Waals surface area contributed by atoms with Gasteiger partial charge in [-0.3, -0.25) is 4.79 Å². The van der Waals surface area contributed by atoms with Gasteiger partial charge in [0.1, 0.15) is 11.4 Å². The second-order valence-corrected chi connectivity index (χ2v) is 6.68. The molecule has 4 aromatic rings. The molecule has 1 aromatic carbocycles. The van der Waals surface area contributed by atoms with Crippen molar-refractivity contribution >= 4 is 21.6 Å². The van der Waals surface area contributed by atoms with E-state index >= 15 is 0 Å². The SMILES string of the molecule is Cn1cccc1-c1nsc2ccc(-n3c(=O)cc(C(F)(F)F)[nH]c3=O)cc12. The standard InChI is InChI=1S/C17H11F3N4O2S/c1-23-6-2-3-11(23)15-10-7-9(4-5-12(10)27-22-15)24-14(25)8-13(17(18,19)20)21-16(24)26/h2-8H,1H3,(H,21,26). The highest BCUT2D eigenvalue weighted by molar-refractivity contribution is 7.13. The minimum Gasteiger partial charge on any atom is -0.349 e. The highest BCUT2D eigenvalue weighted by atomic mass is 32.1. The zero-order valence-corrected chi connectivity index (χ0v) is 14.6. The molecule has 0 fully saturated rings. The minimum atomic E-state index is -4.81. The molecule has 0 spiro atoms. The summed E-state index contributed by atoms with van der Waals surface area (Å²) in [5, 5.41) is 0.700. The molecule has 0 aliphatic heterocycles. The van der Waals surface area contributed by atoms with Crippen LogP contribution in [0, 0.1) is 0 Å². The normalized spacial score (nSPS) is 12.0. The fraction of sp³-hybridized carbons (Fsp3) is 0.118. The summed E-state index contributed by atoms with van der Waals surface area (Å²) < 4.78 is 46.1. The molecule has 0 aliphatic rings. The number of fused-ring (bicyclic) bond motifs is 1. The van der Waals surface area contributed by atoms with Gasteiger partial charge in [0, 0.05) is 24.7 Å². The van der Waals surface area contributed by atoms with E-state index in [2.05, 4.69) is 4.37 Å². The predicted molar refractivity (Wildman–Crippen MR) is 95.2 cm³/mol. The first-order chi connectivity index (χ1) is 12.8. The van der Waals surface area contributed by atoms with Crippen LogP contribution in [0.2, 0.25) is 0 Å². The second-order valence-electron chi connectivity index (χ2n) is 5.88. The summed E-state index contributed by atoms with van der Waals surface area (Å²) in [5.41, 5.74) is -1.92. The van der Waals surface area contributed by atoms with Crippen molar-refractivity contribution in [1.29, 1.82) is 0 Å². The lowest BCUT2D eigenvalue weighted by atomic mass is 10.1. The summed E-state index contributed by atoms with van der Waals surface area (Å²) in [7, 11) is 1.86. The largest absolute Gasteiger partial charge is 0.431 e. The van der Waals surface area contributed by atoms with Gasteiger partial charge in [-0.25, -0.2) is 9.36 Å². The highest BCUT2D eigenvalue weighted by Gasteiger charge is 2.33. The number of aromatic amines is 1. The van der Waals surface area contributed by atoms with E-state index in [9.17, 15) is 22.8 Å². The maximum absolute atomic E-state index is 12.8. The Bertz CT molecular complexity index is 1250. The molecular formula is C17H11F3N4O2S. The van der Waals surface area contributed by atoms with Gasteiger partial charge in [0.2, 0.25) is 0 Å². The topological polar surface area (TPSA) is 72.7 Å². The van der Waals surface area contributed by atoms with Crippen molar-refractivity contribution in [3.8, 4) is 17.1 Å². The van der Waals surface area contributed by atoms with E-state index < -0.39 is 23.1 Å². The van der Waals surface area contributed by atoms with Crippen molar-refractivity contribution in [3.63, 3.8) is 0 Å². The van der Waals surface area contributed by atoms with Crippen LogP contribution >= 0.6 is 11.5 Å². The third-order valence-electron chi connectivity index (χ3n) is 4.14. The van der Waals surface area contributed by atoms with E-state index in [1.54, 1.807) is 17.1 Å². The van der Waals surface area contributed by atoms with Gasteiger partial charge in [-0.1, -0.05) is 0 Å². The number of nitrogens with one attached hydrogen (secondary N) is 1. The molecule has 0 radical (unpaired) electrons. The van der Waals surface area contributed by atoms with Crippen LogP contribution in [0.25, 0.3) is 27.2 Å². The number of aryl methyl sites for hydroxylation is 1. The summed E-state index contributed by atoms with van der Waals surface area (Å²) in [6, 6.07) is 8.85. The lowest BCUT2D eigenvalue weighted by Crippen LogP contribution is -2.35. The Hall–Kier alpha value is -3.14. The zero-order valence-electron chi connectivity index (χ0n) is 13.7. The van der Waals surface area contributed by atoms with Crippen LogP contribution in [0.5, 0.6) is 0 Å². The van der Waals surface area contributed by atoms with Crippen LogP contribution in [0.3, 0.4) is 0 Å². The molecule has 0 bridgehead atoms. The van der Waals surface area contributed by atoms with Gasteiger partial charge < -0.3 is 9.55 Å². The lowest BCUT2D eigenvalue weighted by Gasteiger charge is -2.09. The molecule has 138 valence electrons. The van der Waals surface area contributed by atoms with Crippen molar-refractivity contribution in [2.75, 3.05) is 0 Å². The Morgan fingerprint density at radius 2 is 1.93 bits per heavy atom. The number of halogens is 3. The quantitative estimate of drug-likeness (QED) is 0.570. The van der Waals surface area contributed by atoms with Gasteiger partial charge in [0.15, 0.2) is 0 Å². The summed E-state index contributed by atoms with van der Waals surface area (Å²) in [6.45, 7) is 0. The molecule has 1 N–H and O–H groups in total. The Morgan fingerprint density at radius 3 is 2.56 bits per heavy atom. The third-order valence-corrected chi connectivity index (χ3v) is 4.96. The number of aromatic nitrogens is 4. The van der Waals surface area contributed by atoms with Gasteiger partial charge in [-0.2, -0.15) is 17.5 Å². The van der Waals surface area contributed by atoms with Crippen molar-refractivity contribution in [2.24, 2.45) is 7.05 Å². The average molecular weight is 392 g/mol. The Labute approximate surface area is 153 Å². The number of benzene rings is 1. The molecule has 0 atom stereocenters. The van der Waals surface area contributed by atoms with Gasteiger partial charge >= 0.3 is 11.9 Å². The summed E-state index contributed by atoms with van der Waals surface area (Å²) >= 11 is 1.25. The van der Waals surface area contributed by atoms with Crippen LogP contribution < -0.4 is 11.2 Å². The van der Waals surface area contributed by atoms with Crippen LogP contribution in [0.1, 0.15) is 5.69 Å². The summed E-state index contributed by atoms with van der Waals surface area (Å²) in [5.74, 6) is 0. The fourth-order valence-corrected chi connectivity index (χ4v) is 3.61. The Kier molecular flexibility index (Phi) is 3.81. The van der Waals surface area contributed by atoms with E-state index in [0.717, 1.165) is 10.4 Å². The molecule has 0 saturated heterocycles. The number of hydrogen-bond acceptors (Lipinski definition) is 4. The minimum absolute atomic E-state index is 0.165. The number of rotatable bonds is 2. The maximum atomic E-state index is 12.8. The van der Waals surface area contributed by atoms with Crippen molar-refractivity contribution in [1.82, 2.24) is 18.5 Å². The summed E-state index contributed by atoms with van der Waals surface area (Å²) in [6.07, 6.45) is -2.95. The number of nitrogens with zero attached hydrogens (tertiary/aromatic N) is 3. The van der Waals surface area contributed by atoms with Crippen LogP contribution in [0.15, 0.2) is 52.2 Å². The van der Waals surface area contributed by atoms with Crippen molar-refractivity contribution in [3.05, 3.63) is 69.1 Å². The van der Waals surface area contributed by atoms with Gasteiger partial charge in [-0.05, 0) is 41.9 Å². The van der Waals surface area contributed by atoms with Crippen LogP contribution in [0.4, 0.5) is 13.2 Å². The Balaban J connectivity index is 1.92. The molecule has 6 nitrogen and oxygen atoms in total. The second kappa shape index (κ2) is 5.95. The smallest absolute Gasteiger partial charge is 0.349 e. The molecule has 0 aliphatic carbocycles. The third kappa shape index (κ3) is 2.87. The molecule has 0 amide bonds. The van der Waals surface area contributed by atoms with Crippen molar-refractivity contribution < 1.29 is 13.2 Å². The molecule has 3 aromatic heterocycles. The maximum Gasteiger partial charge on any atom is 0.431 e. The zero-order chi connectivity index (χ0) is 19.3. The lowest BCUT2D eigenvalue weighted by molar-refractivity contribution is -0.141. The van der Waals surface area contributed by atoms with E-state index in [1.807, 2.05) is 29.9 Å². The first kappa shape index (κ1) is 17.3. The predicted octanol–water partition coefficient (Wildman–Crippen LogP) is 3.16. The van der Waals surface area contributed by atoms with E-state index in [1.165, 1.54) is 17.6 Å². The van der Waals surface area contributed by atoms with Crippen molar-refractivity contribution in [2.45, 2.75) is 6.18 Å². The Morgan fingerprint density at radius 1 is 1.15 bits per heavy atom. The molecule has 0 saturated carbocycles. The molecule has 0 unspecified atom stereocenters. The van der Waals surface area contributed by atoms with Crippen LogP contribution in [-0.4, -0.2) is 18.5 Å². The molecule has 4 rings (SSSR count). The van der Waals surface area contributed by atoms with Crippen LogP contribution in [-0.2, 0) is 13.2 Å². The van der Waals surface area contributed by atoms with E-state index in [4.69, 9.17) is 0 Å². The average Bonchev–Trinajstić information content (AvgIpc) is 3.18. The van der Waals surface area contributed by atoms with E-state index in [0.29, 0.717) is 21.7 Å². The fourth-order valence-electron chi connectivity index (χ4n) is 2.85. The molecule has 27 heavy (non-hydrogen) atoms.